The molecule has 0 spiro atoms. The van der Waals surface area contributed by atoms with Gasteiger partial charge < -0.3 is 24.1 Å². The third-order valence-electron chi connectivity index (χ3n) is 7.59. The first-order valence-corrected chi connectivity index (χ1v) is 11.8. The van der Waals surface area contributed by atoms with Crippen molar-refractivity contribution in [2.24, 2.45) is 11.8 Å². The highest BCUT2D eigenvalue weighted by Gasteiger charge is 2.54. The summed E-state index contributed by atoms with van der Waals surface area (Å²) >= 11 is 0. The number of aryl methyl sites for hydroxylation is 1. The molecular formula is C28H31NO6. The zero-order valence-electron chi connectivity index (χ0n) is 20.8. The molecule has 0 aromatic heterocycles. The molecule has 0 fully saturated rings. The second kappa shape index (κ2) is 8.96. The van der Waals surface area contributed by atoms with E-state index in [1.54, 1.807) is 34.5 Å². The van der Waals surface area contributed by atoms with Crippen LogP contribution in [0.1, 0.15) is 23.1 Å². The van der Waals surface area contributed by atoms with E-state index in [1.807, 2.05) is 37.4 Å². The molecule has 184 valence electrons. The monoisotopic (exact) mass is 477 g/mol. The average Bonchev–Trinajstić information content (AvgIpc) is 3.04. The van der Waals surface area contributed by atoms with Crippen LogP contribution in [0.15, 0.2) is 47.7 Å². The van der Waals surface area contributed by atoms with Crippen molar-refractivity contribution in [1.29, 1.82) is 0 Å². The first-order valence-electron chi connectivity index (χ1n) is 11.8. The molecule has 0 saturated carbocycles. The number of allylic oxidation sites excluding steroid dienone is 3. The van der Waals surface area contributed by atoms with Crippen molar-refractivity contribution in [1.82, 2.24) is 4.90 Å². The summed E-state index contributed by atoms with van der Waals surface area (Å²) in [6.45, 7) is 0.560. The summed E-state index contributed by atoms with van der Waals surface area (Å²) in [5.41, 5.74) is 5.15. The van der Waals surface area contributed by atoms with E-state index >= 15 is 0 Å². The largest absolute Gasteiger partial charge is 0.508 e. The highest BCUT2D eigenvalue weighted by Crippen LogP contribution is 2.60. The number of ether oxygens (including phenoxy) is 4. The van der Waals surface area contributed by atoms with Gasteiger partial charge in [-0.1, -0.05) is 18.2 Å². The van der Waals surface area contributed by atoms with Crippen molar-refractivity contribution in [2.45, 2.75) is 25.4 Å². The Morgan fingerprint density at radius 1 is 1.03 bits per heavy atom. The van der Waals surface area contributed by atoms with Gasteiger partial charge in [-0.3, -0.25) is 9.69 Å². The minimum atomic E-state index is -0.250. The first kappa shape index (κ1) is 23.3. The lowest BCUT2D eigenvalue weighted by Crippen LogP contribution is -2.43. The molecule has 35 heavy (non-hydrogen) atoms. The van der Waals surface area contributed by atoms with Crippen molar-refractivity contribution >= 4 is 11.4 Å². The molecule has 0 heterocycles. The van der Waals surface area contributed by atoms with Gasteiger partial charge in [0.25, 0.3) is 0 Å². The number of hydrogen-bond acceptors (Lipinski definition) is 7. The molecule has 7 heteroatoms. The van der Waals surface area contributed by atoms with Crippen LogP contribution < -0.4 is 14.2 Å². The number of hydrogen-bond donors (Lipinski definition) is 1. The number of phenolic OH excluding ortho intramolecular Hbond substituents is 1. The van der Waals surface area contributed by atoms with Crippen molar-refractivity contribution < 1.29 is 28.8 Å². The summed E-state index contributed by atoms with van der Waals surface area (Å²) in [5, 5.41) is 10.4. The number of nitrogens with zero attached hydrogens (tertiary/aromatic N) is 1. The lowest BCUT2D eigenvalue weighted by atomic mass is 9.64. The Hall–Kier alpha value is -3.45. The summed E-state index contributed by atoms with van der Waals surface area (Å²) in [6, 6.07) is 9.41. The normalized spacial score (nSPS) is 22.5. The minimum absolute atomic E-state index is 0.00788. The molecule has 3 aliphatic rings. The molecule has 3 aliphatic carbocycles. The van der Waals surface area contributed by atoms with Gasteiger partial charge in [-0.15, -0.1) is 0 Å². The number of phenols is 1. The Kier molecular flexibility index (Phi) is 5.97. The predicted octanol–water partition coefficient (Wildman–Crippen LogP) is 3.98. The highest BCUT2D eigenvalue weighted by molar-refractivity contribution is 6.08. The van der Waals surface area contributed by atoms with Gasteiger partial charge in [0.2, 0.25) is 11.5 Å². The molecule has 0 radical (unpaired) electrons. The predicted molar refractivity (Wildman–Crippen MR) is 132 cm³/mol. The SMILES string of the molecule is COC1=C[C@@H]2C3=C([C@H]2C1=O)[C@H](N(C)Cc1ccccc1O)CCc1cc(OC)c(OC)c(OC)c13. The van der Waals surface area contributed by atoms with Gasteiger partial charge in [0, 0.05) is 29.6 Å². The fourth-order valence-electron chi connectivity index (χ4n) is 6.00. The van der Waals surface area contributed by atoms with E-state index in [-0.39, 0.29) is 29.4 Å². The fraction of sp³-hybridized carbons (Fsp3) is 0.393. The Bertz CT molecular complexity index is 1250. The number of para-hydroxylation sites is 1. The molecule has 7 nitrogen and oxygen atoms in total. The van der Waals surface area contributed by atoms with Gasteiger partial charge >= 0.3 is 0 Å². The Balaban J connectivity index is 1.66. The number of methoxy groups -OCH3 is 4. The topological polar surface area (TPSA) is 77.5 Å². The van der Waals surface area contributed by atoms with E-state index in [2.05, 4.69) is 4.90 Å². The van der Waals surface area contributed by atoms with Crippen LogP contribution in [0.4, 0.5) is 0 Å². The summed E-state index contributed by atoms with van der Waals surface area (Å²) in [6.07, 6.45) is 3.54. The number of rotatable bonds is 7. The summed E-state index contributed by atoms with van der Waals surface area (Å²) < 4.78 is 22.7. The number of benzene rings is 2. The molecule has 0 amide bonds. The number of likely N-dealkylation sites (N-methyl/N-ethyl adjacent to an activating group) is 1. The second-order valence-electron chi connectivity index (χ2n) is 9.25. The maximum absolute atomic E-state index is 13.3. The zero-order valence-corrected chi connectivity index (χ0v) is 20.8. The van der Waals surface area contributed by atoms with Gasteiger partial charge in [0.1, 0.15) is 5.75 Å². The Morgan fingerprint density at radius 3 is 2.43 bits per heavy atom. The van der Waals surface area contributed by atoms with Crippen LogP contribution in [0.3, 0.4) is 0 Å². The van der Waals surface area contributed by atoms with Gasteiger partial charge in [0.15, 0.2) is 17.3 Å². The number of Topliss-reactive ketones (excluding diaryl/α,β-unsaturated/α-hetero) is 1. The van der Waals surface area contributed by atoms with Crippen molar-refractivity contribution in [3.8, 4) is 23.0 Å². The molecule has 3 atom stereocenters. The van der Waals surface area contributed by atoms with E-state index in [0.717, 1.165) is 40.7 Å². The summed E-state index contributed by atoms with van der Waals surface area (Å²) in [5.74, 6) is 2.19. The number of carbonyl (C=O) groups is 1. The number of fused-ring (bicyclic) bond motifs is 5. The second-order valence-corrected chi connectivity index (χ2v) is 9.25. The van der Waals surface area contributed by atoms with Crippen LogP contribution in [-0.4, -0.2) is 57.3 Å². The standard InChI is InChI=1S/C28H31NO6/c1-29(14-16-8-6-7-9-19(16)30)18-11-10-15-12-21(33-3)27(34-4)28(35-5)22(15)23-17-13-20(32-2)26(31)24(17)25(18)23/h6-9,12-13,17-18,24,30H,10-11,14H2,1-5H3/t17-,18-,24+/m1/s1. The summed E-state index contributed by atoms with van der Waals surface area (Å²) in [4.78, 5) is 15.5. The van der Waals surface area contributed by atoms with Gasteiger partial charge in [-0.2, -0.15) is 0 Å². The zero-order chi connectivity index (χ0) is 24.9. The number of ketones is 1. The van der Waals surface area contributed by atoms with Crippen LogP contribution in [0, 0.1) is 11.8 Å². The van der Waals surface area contributed by atoms with Crippen LogP contribution in [0.25, 0.3) is 5.57 Å². The smallest absolute Gasteiger partial charge is 0.205 e. The highest BCUT2D eigenvalue weighted by atomic mass is 16.5. The van der Waals surface area contributed by atoms with E-state index in [1.165, 1.54) is 0 Å². The van der Waals surface area contributed by atoms with Crippen LogP contribution in [0.5, 0.6) is 23.0 Å². The lowest BCUT2D eigenvalue weighted by Gasteiger charge is -2.43. The Morgan fingerprint density at radius 2 is 1.77 bits per heavy atom. The van der Waals surface area contributed by atoms with Crippen LogP contribution in [0.2, 0.25) is 0 Å². The van der Waals surface area contributed by atoms with E-state index < -0.39 is 0 Å². The maximum atomic E-state index is 13.3. The van der Waals surface area contributed by atoms with Gasteiger partial charge in [-0.25, -0.2) is 0 Å². The molecule has 0 aliphatic heterocycles. The van der Waals surface area contributed by atoms with Gasteiger partial charge in [-0.05, 0) is 54.8 Å². The lowest BCUT2D eigenvalue weighted by molar-refractivity contribution is -0.121. The Labute approximate surface area is 205 Å². The molecule has 1 N–H and O–H groups in total. The molecule has 5 rings (SSSR count). The molecule has 0 unspecified atom stereocenters. The van der Waals surface area contributed by atoms with Crippen molar-refractivity contribution in [2.75, 3.05) is 35.5 Å². The van der Waals surface area contributed by atoms with Crippen LogP contribution in [-0.2, 0) is 22.5 Å². The molecule has 0 saturated heterocycles. The van der Waals surface area contributed by atoms with Gasteiger partial charge in [0.05, 0.1) is 34.4 Å². The maximum Gasteiger partial charge on any atom is 0.205 e. The fourth-order valence-corrected chi connectivity index (χ4v) is 6.00. The molecule has 0 bridgehead atoms. The van der Waals surface area contributed by atoms with Crippen molar-refractivity contribution in [3.05, 3.63) is 64.4 Å². The third-order valence-corrected chi connectivity index (χ3v) is 7.59. The quantitative estimate of drug-likeness (QED) is 0.646. The van der Waals surface area contributed by atoms with E-state index in [9.17, 15) is 9.90 Å². The number of aromatic hydroxyl groups is 1. The molecule has 2 aromatic carbocycles. The van der Waals surface area contributed by atoms with Crippen molar-refractivity contribution in [3.63, 3.8) is 0 Å². The first-order chi connectivity index (χ1) is 16.9. The molecule has 2 aromatic rings. The average molecular weight is 478 g/mol. The minimum Gasteiger partial charge on any atom is -0.508 e. The third kappa shape index (κ3) is 3.48. The summed E-state index contributed by atoms with van der Waals surface area (Å²) in [7, 11) is 8.46. The van der Waals surface area contributed by atoms with E-state index in [4.69, 9.17) is 18.9 Å². The number of carbonyl (C=O) groups excluding carboxylic acids is 1. The molecular weight excluding hydrogens is 446 g/mol. The van der Waals surface area contributed by atoms with E-state index in [0.29, 0.717) is 29.6 Å². The van der Waals surface area contributed by atoms with Crippen LogP contribution >= 0.6 is 0 Å².